The zero-order valence-electron chi connectivity index (χ0n) is 23.9. The van der Waals surface area contributed by atoms with E-state index in [0.29, 0.717) is 12.0 Å². The summed E-state index contributed by atoms with van der Waals surface area (Å²) in [6.45, 7) is 2.46. The molecule has 7 nitrogen and oxygen atoms in total. The average Bonchev–Trinajstić information content (AvgIpc) is 2.97. The predicted octanol–water partition coefficient (Wildman–Crippen LogP) is 5.79. The highest BCUT2D eigenvalue weighted by Crippen LogP contribution is 2.33. The van der Waals surface area contributed by atoms with Gasteiger partial charge in [-0.2, -0.15) is 4.31 Å². The van der Waals surface area contributed by atoms with Crippen molar-refractivity contribution in [2.45, 2.75) is 74.8 Å². The number of carbonyl (C=O) groups excluding carboxylic acids is 1. The van der Waals surface area contributed by atoms with Gasteiger partial charge in [0.05, 0.1) is 16.7 Å². The number of nitrogens with one attached hydrogen (secondary N) is 1. The van der Waals surface area contributed by atoms with Gasteiger partial charge in [0.1, 0.15) is 11.5 Å². The first-order valence-electron chi connectivity index (χ1n) is 14.8. The van der Waals surface area contributed by atoms with Crippen LogP contribution in [0.3, 0.4) is 0 Å². The van der Waals surface area contributed by atoms with Crippen molar-refractivity contribution < 1.29 is 17.9 Å². The third-order valence-corrected chi connectivity index (χ3v) is 11.3. The minimum absolute atomic E-state index is 0.0674. The number of carbonyl (C=O) groups is 1. The summed E-state index contributed by atoms with van der Waals surface area (Å²) in [7, 11) is -2.44. The summed E-state index contributed by atoms with van der Waals surface area (Å²) in [5, 5.41) is 3.27. The molecule has 41 heavy (non-hydrogen) atoms. The minimum Gasteiger partial charge on any atom is -0.370 e. The fraction of sp³-hybridized carbons (Fsp3) is 0.581. The molecule has 1 amide bonds. The van der Waals surface area contributed by atoms with E-state index in [4.69, 9.17) is 27.9 Å². The first-order valence-corrected chi connectivity index (χ1v) is 17.0. The Morgan fingerprint density at radius 2 is 1.66 bits per heavy atom. The molecule has 1 atom stereocenters. The van der Waals surface area contributed by atoms with Gasteiger partial charge in [0.15, 0.2) is 0 Å². The van der Waals surface area contributed by atoms with Crippen LogP contribution in [0.15, 0.2) is 53.4 Å². The Morgan fingerprint density at radius 3 is 2.32 bits per heavy atom. The molecule has 1 N–H and O–H groups in total. The van der Waals surface area contributed by atoms with E-state index in [0.717, 1.165) is 36.4 Å². The molecular weight excluding hydrogens is 581 g/mol. The largest absolute Gasteiger partial charge is 0.370 e. The van der Waals surface area contributed by atoms with Gasteiger partial charge in [-0.05, 0) is 88.1 Å². The summed E-state index contributed by atoms with van der Waals surface area (Å²) in [5.74, 6) is 0.495. The second-order valence-corrected chi connectivity index (χ2v) is 14.1. The number of halogens is 2. The maximum atomic E-state index is 12.9. The summed E-state index contributed by atoms with van der Waals surface area (Å²) in [4.78, 5) is 15.2. The number of rotatable bonds is 13. The lowest BCUT2D eigenvalue weighted by atomic mass is 9.78. The van der Waals surface area contributed by atoms with Gasteiger partial charge in [-0.15, -0.1) is 0 Å². The molecule has 1 unspecified atom stereocenters. The zero-order valence-corrected chi connectivity index (χ0v) is 26.3. The molecule has 2 fully saturated rings. The number of amides is 1. The highest BCUT2D eigenvalue weighted by molar-refractivity contribution is 7.89. The van der Waals surface area contributed by atoms with Crippen LogP contribution in [0, 0.1) is 5.92 Å². The van der Waals surface area contributed by atoms with Crippen LogP contribution >= 0.6 is 23.2 Å². The standard InChI is InChI=1S/C31H43Cl2N3O4S/c1-35(41(38,39)31-27(32)11-8-12-28(31)33)21-22-40-23-30(37)34-26-16-14-25(15-17-26)29(36-19-6-3-7-20-36)18-13-24-9-4-2-5-10-24/h2,4-5,8-12,25-26,29H,3,6-7,13-23H2,1H3,(H,34,37). The van der Waals surface area contributed by atoms with E-state index in [-0.39, 0.29) is 46.6 Å². The van der Waals surface area contributed by atoms with Crippen molar-refractivity contribution in [1.82, 2.24) is 14.5 Å². The van der Waals surface area contributed by atoms with Crippen LogP contribution < -0.4 is 5.32 Å². The lowest BCUT2D eigenvalue weighted by Crippen LogP contribution is -2.47. The molecule has 2 aromatic rings. The van der Waals surface area contributed by atoms with Crippen molar-refractivity contribution >= 4 is 39.1 Å². The SMILES string of the molecule is CN(CCOCC(=O)NC1CCC(C(CCc2ccccc2)N2CCCCC2)CC1)S(=O)(=O)c1c(Cl)cccc1Cl. The maximum Gasteiger partial charge on any atom is 0.246 e. The Hall–Kier alpha value is -1.68. The van der Waals surface area contributed by atoms with Crippen LogP contribution in [0.1, 0.15) is 56.9 Å². The average molecular weight is 625 g/mol. The Morgan fingerprint density at radius 1 is 1.00 bits per heavy atom. The molecule has 0 bridgehead atoms. The van der Waals surface area contributed by atoms with Gasteiger partial charge in [0.2, 0.25) is 15.9 Å². The molecule has 1 saturated carbocycles. The van der Waals surface area contributed by atoms with Crippen molar-refractivity contribution in [2.75, 3.05) is 39.9 Å². The first kappa shape index (κ1) is 32.2. The van der Waals surface area contributed by atoms with E-state index in [1.807, 2.05) is 0 Å². The topological polar surface area (TPSA) is 79.0 Å². The van der Waals surface area contributed by atoms with Crippen molar-refractivity contribution in [1.29, 1.82) is 0 Å². The Bertz CT molecular complexity index is 1200. The molecular formula is C31H43Cl2N3O4S. The normalized spacial score (nSPS) is 21.1. The van der Waals surface area contributed by atoms with E-state index in [2.05, 4.69) is 40.5 Å². The highest BCUT2D eigenvalue weighted by atomic mass is 35.5. The number of piperidine rings is 1. The van der Waals surface area contributed by atoms with Crippen LogP contribution in [0.25, 0.3) is 0 Å². The molecule has 0 radical (unpaired) electrons. The van der Waals surface area contributed by atoms with Crippen LogP contribution in [0.4, 0.5) is 0 Å². The monoisotopic (exact) mass is 623 g/mol. The summed E-state index contributed by atoms with van der Waals surface area (Å²) in [6, 6.07) is 16.1. The van der Waals surface area contributed by atoms with E-state index >= 15 is 0 Å². The van der Waals surface area contributed by atoms with E-state index in [1.54, 1.807) is 6.07 Å². The summed E-state index contributed by atoms with van der Waals surface area (Å²) in [6.07, 6.45) is 10.4. The predicted molar refractivity (Wildman–Crippen MR) is 165 cm³/mol. The molecule has 1 saturated heterocycles. The molecule has 2 aromatic carbocycles. The fourth-order valence-electron chi connectivity index (χ4n) is 6.21. The van der Waals surface area contributed by atoms with E-state index < -0.39 is 10.0 Å². The molecule has 1 heterocycles. The van der Waals surface area contributed by atoms with Gasteiger partial charge in [-0.1, -0.05) is 66.0 Å². The maximum absolute atomic E-state index is 12.9. The van der Waals surface area contributed by atoms with Crippen molar-refractivity contribution in [3.05, 3.63) is 64.1 Å². The lowest BCUT2D eigenvalue weighted by Gasteiger charge is -2.42. The van der Waals surface area contributed by atoms with Crippen molar-refractivity contribution in [3.63, 3.8) is 0 Å². The molecule has 1 aliphatic carbocycles. The van der Waals surface area contributed by atoms with Crippen LogP contribution in [-0.4, -0.2) is 75.5 Å². The van der Waals surface area contributed by atoms with Crippen molar-refractivity contribution in [3.8, 4) is 0 Å². The number of likely N-dealkylation sites (N-methyl/N-ethyl adjacent to an activating group) is 1. The minimum atomic E-state index is -3.88. The van der Waals surface area contributed by atoms with E-state index in [1.165, 1.54) is 63.5 Å². The second-order valence-electron chi connectivity index (χ2n) is 11.3. The van der Waals surface area contributed by atoms with Crippen LogP contribution in [0.5, 0.6) is 0 Å². The Kier molecular flexibility index (Phi) is 12.3. The lowest BCUT2D eigenvalue weighted by molar-refractivity contribution is -0.126. The Balaban J connectivity index is 1.19. The quantitative estimate of drug-likeness (QED) is 0.286. The summed E-state index contributed by atoms with van der Waals surface area (Å²) in [5.41, 5.74) is 1.41. The van der Waals surface area contributed by atoms with E-state index in [9.17, 15) is 13.2 Å². The number of nitrogens with zero attached hydrogens (tertiary/aromatic N) is 2. The summed E-state index contributed by atoms with van der Waals surface area (Å²) < 4.78 is 32.4. The number of ether oxygens (including phenoxy) is 1. The van der Waals surface area contributed by atoms with Gasteiger partial charge < -0.3 is 15.0 Å². The number of likely N-dealkylation sites (tertiary alicyclic amines) is 1. The fourth-order valence-corrected chi connectivity index (χ4v) is 8.44. The van der Waals surface area contributed by atoms with Gasteiger partial charge >= 0.3 is 0 Å². The van der Waals surface area contributed by atoms with Crippen molar-refractivity contribution in [2.24, 2.45) is 5.92 Å². The van der Waals surface area contributed by atoms with Crippen LogP contribution in [-0.2, 0) is 26.0 Å². The van der Waals surface area contributed by atoms with Gasteiger partial charge in [-0.3, -0.25) is 4.79 Å². The third kappa shape index (κ3) is 9.15. The molecule has 0 aromatic heterocycles. The number of hydrogen-bond acceptors (Lipinski definition) is 5. The molecule has 4 rings (SSSR count). The van der Waals surface area contributed by atoms with Gasteiger partial charge in [0.25, 0.3) is 0 Å². The first-order chi connectivity index (χ1) is 19.8. The highest BCUT2D eigenvalue weighted by Gasteiger charge is 2.32. The number of aryl methyl sites for hydroxylation is 1. The number of benzene rings is 2. The number of sulfonamides is 1. The molecule has 226 valence electrons. The van der Waals surface area contributed by atoms with Gasteiger partial charge in [0, 0.05) is 25.7 Å². The number of hydrogen-bond donors (Lipinski definition) is 1. The van der Waals surface area contributed by atoms with Crippen LogP contribution in [0.2, 0.25) is 10.0 Å². The third-order valence-electron chi connectivity index (χ3n) is 8.48. The second kappa shape index (κ2) is 15.7. The summed E-state index contributed by atoms with van der Waals surface area (Å²) >= 11 is 12.2. The zero-order chi connectivity index (χ0) is 29.2. The molecule has 10 heteroatoms. The molecule has 2 aliphatic rings. The smallest absolute Gasteiger partial charge is 0.246 e. The van der Waals surface area contributed by atoms with Gasteiger partial charge in [-0.25, -0.2) is 8.42 Å². The molecule has 1 aliphatic heterocycles. The Labute approximate surface area is 255 Å². The molecule has 0 spiro atoms.